The first-order valence-electron chi connectivity index (χ1n) is 7.08. The van der Waals surface area contributed by atoms with E-state index in [-0.39, 0.29) is 6.04 Å². The van der Waals surface area contributed by atoms with Gasteiger partial charge >= 0.3 is 0 Å². The summed E-state index contributed by atoms with van der Waals surface area (Å²) in [5, 5.41) is 13.5. The van der Waals surface area contributed by atoms with Crippen LogP contribution >= 0.6 is 11.6 Å². The zero-order chi connectivity index (χ0) is 16.0. The lowest BCUT2D eigenvalue weighted by Gasteiger charge is -2.26. The Balaban J connectivity index is 1.94. The number of fused-ring (bicyclic) bond motifs is 3. The van der Waals surface area contributed by atoms with Gasteiger partial charge in [0.05, 0.1) is 22.6 Å². The van der Waals surface area contributed by atoms with Gasteiger partial charge < -0.3 is 11.1 Å². The first kappa shape index (κ1) is 13.7. The number of hydrogen-bond acceptors (Lipinski definition) is 4. The average Bonchev–Trinajstić information content (AvgIpc) is 2.93. The summed E-state index contributed by atoms with van der Waals surface area (Å²) in [4.78, 5) is 4.57. The topological polar surface area (TPSA) is 79.7 Å². The fourth-order valence-electron chi connectivity index (χ4n) is 2.89. The Hall–Kier alpha value is -2.97. The first-order chi connectivity index (χ1) is 11.2. The second kappa shape index (κ2) is 5.04. The van der Waals surface area contributed by atoms with Crippen LogP contribution in [-0.4, -0.2) is 9.55 Å². The lowest BCUT2D eigenvalue weighted by Crippen LogP contribution is -2.26. The molecule has 2 aromatic carbocycles. The lowest BCUT2D eigenvalue weighted by molar-refractivity contribution is 0.857. The second-order valence-electron chi connectivity index (χ2n) is 5.30. The number of nitriles is 1. The van der Waals surface area contributed by atoms with E-state index in [2.05, 4.69) is 16.4 Å². The number of imidazole rings is 1. The quantitative estimate of drug-likeness (QED) is 0.718. The summed E-state index contributed by atoms with van der Waals surface area (Å²) in [5.41, 5.74) is 9.29. The molecule has 0 saturated heterocycles. The van der Waals surface area contributed by atoms with Gasteiger partial charge in [0.1, 0.15) is 11.9 Å². The van der Waals surface area contributed by atoms with Crippen LogP contribution in [0.25, 0.3) is 16.9 Å². The Labute approximate surface area is 137 Å². The van der Waals surface area contributed by atoms with E-state index in [1.165, 1.54) is 0 Å². The molecule has 4 rings (SSSR count). The van der Waals surface area contributed by atoms with Crippen molar-refractivity contribution in [3.05, 3.63) is 64.7 Å². The zero-order valence-electron chi connectivity index (χ0n) is 12.0. The Morgan fingerprint density at radius 1 is 1.22 bits per heavy atom. The third kappa shape index (κ3) is 2.04. The highest BCUT2D eigenvalue weighted by molar-refractivity contribution is 6.30. The molecule has 1 aromatic heterocycles. The highest BCUT2D eigenvalue weighted by Gasteiger charge is 2.29. The molecule has 0 bridgehead atoms. The van der Waals surface area contributed by atoms with Gasteiger partial charge in [-0.2, -0.15) is 5.26 Å². The van der Waals surface area contributed by atoms with Gasteiger partial charge in [0, 0.05) is 5.02 Å². The molecule has 1 aliphatic heterocycles. The van der Waals surface area contributed by atoms with Gasteiger partial charge in [-0.1, -0.05) is 35.9 Å². The molecule has 0 saturated carbocycles. The maximum atomic E-state index is 9.60. The van der Waals surface area contributed by atoms with Crippen molar-refractivity contribution in [1.82, 2.24) is 9.55 Å². The summed E-state index contributed by atoms with van der Waals surface area (Å²) >= 11 is 6.08. The maximum Gasteiger partial charge on any atom is 0.210 e. The van der Waals surface area contributed by atoms with E-state index in [0.717, 1.165) is 16.6 Å². The van der Waals surface area contributed by atoms with Gasteiger partial charge in [0.25, 0.3) is 0 Å². The Kier molecular flexibility index (Phi) is 3.00. The standard InChI is InChI=1S/C17H12ClN5/c18-11-5-3-4-10(8-11)15-12(9-19)16(20)23-14-7-2-1-6-13(14)21-17(23)22-15/h1-8,15H,20H2,(H,21,22)/t15-/m0/s1. The van der Waals surface area contributed by atoms with Crippen molar-refractivity contribution in [3.63, 3.8) is 0 Å². The van der Waals surface area contributed by atoms with Crippen LogP contribution in [0.3, 0.4) is 0 Å². The fourth-order valence-corrected chi connectivity index (χ4v) is 3.09. The van der Waals surface area contributed by atoms with E-state index >= 15 is 0 Å². The van der Waals surface area contributed by atoms with Crippen molar-refractivity contribution in [3.8, 4) is 6.07 Å². The predicted molar refractivity (Wildman–Crippen MR) is 90.6 cm³/mol. The average molecular weight is 322 g/mol. The number of rotatable bonds is 1. The Bertz CT molecular complexity index is 996. The number of aromatic nitrogens is 2. The van der Waals surface area contributed by atoms with Crippen LogP contribution < -0.4 is 11.1 Å². The summed E-state index contributed by atoms with van der Waals surface area (Å²) in [6.45, 7) is 0. The van der Waals surface area contributed by atoms with Crippen LogP contribution in [0, 0.1) is 11.3 Å². The minimum Gasteiger partial charge on any atom is -0.384 e. The maximum absolute atomic E-state index is 9.60. The van der Waals surface area contributed by atoms with Gasteiger partial charge in [-0.25, -0.2) is 4.98 Å². The molecule has 3 aromatic rings. The molecule has 0 amide bonds. The smallest absolute Gasteiger partial charge is 0.210 e. The molecule has 3 N–H and O–H groups in total. The first-order valence-corrected chi connectivity index (χ1v) is 7.46. The predicted octanol–water partition coefficient (Wildman–Crippen LogP) is 3.51. The second-order valence-corrected chi connectivity index (χ2v) is 5.74. The lowest BCUT2D eigenvalue weighted by atomic mass is 9.98. The largest absolute Gasteiger partial charge is 0.384 e. The van der Waals surface area contributed by atoms with Crippen LogP contribution in [0.4, 0.5) is 5.95 Å². The molecule has 2 heterocycles. The van der Waals surface area contributed by atoms with Crippen LogP contribution in [0.5, 0.6) is 0 Å². The monoisotopic (exact) mass is 321 g/mol. The number of nitrogens with one attached hydrogen (secondary N) is 1. The van der Waals surface area contributed by atoms with Crippen molar-refractivity contribution in [2.75, 3.05) is 5.32 Å². The fraction of sp³-hybridized carbons (Fsp3) is 0.0588. The summed E-state index contributed by atoms with van der Waals surface area (Å²) in [6.07, 6.45) is 0. The highest BCUT2D eigenvalue weighted by Crippen LogP contribution is 2.36. The molecule has 1 atom stereocenters. The third-order valence-electron chi connectivity index (χ3n) is 3.94. The van der Waals surface area contributed by atoms with E-state index in [0.29, 0.717) is 22.4 Å². The van der Waals surface area contributed by atoms with Gasteiger partial charge in [0.15, 0.2) is 0 Å². The molecule has 0 aliphatic carbocycles. The molecular weight excluding hydrogens is 310 g/mol. The third-order valence-corrected chi connectivity index (χ3v) is 4.18. The number of nitrogens with zero attached hydrogens (tertiary/aromatic N) is 3. The van der Waals surface area contributed by atoms with E-state index in [4.69, 9.17) is 17.3 Å². The van der Waals surface area contributed by atoms with Gasteiger partial charge in [0.2, 0.25) is 5.95 Å². The molecule has 6 heteroatoms. The number of halogens is 1. The van der Waals surface area contributed by atoms with E-state index < -0.39 is 0 Å². The van der Waals surface area contributed by atoms with E-state index in [1.807, 2.05) is 42.5 Å². The van der Waals surface area contributed by atoms with Gasteiger partial charge in [-0.05, 0) is 29.8 Å². The van der Waals surface area contributed by atoms with Crippen molar-refractivity contribution < 1.29 is 0 Å². The van der Waals surface area contributed by atoms with Crippen LogP contribution in [-0.2, 0) is 0 Å². The zero-order valence-corrected chi connectivity index (χ0v) is 12.7. The van der Waals surface area contributed by atoms with Crippen molar-refractivity contribution in [2.45, 2.75) is 6.04 Å². The molecule has 1 aliphatic rings. The molecule has 5 nitrogen and oxygen atoms in total. The van der Waals surface area contributed by atoms with Crippen molar-refractivity contribution in [1.29, 1.82) is 5.26 Å². The molecule has 23 heavy (non-hydrogen) atoms. The molecule has 0 fully saturated rings. The molecule has 0 radical (unpaired) electrons. The van der Waals surface area contributed by atoms with Crippen LogP contribution in [0.2, 0.25) is 5.02 Å². The molecule has 0 spiro atoms. The summed E-state index contributed by atoms with van der Waals surface area (Å²) in [6, 6.07) is 16.9. The van der Waals surface area contributed by atoms with Crippen molar-refractivity contribution in [2.24, 2.45) is 5.73 Å². The number of hydrogen-bond donors (Lipinski definition) is 2. The molecule has 0 unspecified atom stereocenters. The van der Waals surface area contributed by atoms with E-state index in [1.54, 1.807) is 10.6 Å². The highest BCUT2D eigenvalue weighted by atomic mass is 35.5. The Morgan fingerprint density at radius 2 is 2.04 bits per heavy atom. The SMILES string of the molecule is N#CC1=C(N)n2c(nc3ccccc32)N[C@H]1c1cccc(Cl)c1. The number of benzene rings is 2. The summed E-state index contributed by atoms with van der Waals surface area (Å²) < 4.78 is 1.77. The number of para-hydroxylation sites is 2. The van der Waals surface area contributed by atoms with Gasteiger partial charge in [-0.15, -0.1) is 0 Å². The minimum atomic E-state index is -0.372. The Morgan fingerprint density at radius 3 is 2.83 bits per heavy atom. The molecule has 112 valence electrons. The number of nitrogens with two attached hydrogens (primary N) is 1. The summed E-state index contributed by atoms with van der Waals surface area (Å²) in [5.74, 6) is 1.01. The van der Waals surface area contributed by atoms with Crippen molar-refractivity contribution >= 4 is 34.4 Å². The normalized spacial score (nSPS) is 16.8. The minimum absolute atomic E-state index is 0.372. The number of anilines is 1. The molecular formula is C17H12ClN5. The summed E-state index contributed by atoms with van der Waals surface area (Å²) in [7, 11) is 0. The van der Waals surface area contributed by atoms with Crippen LogP contribution in [0.15, 0.2) is 54.1 Å². The van der Waals surface area contributed by atoms with Crippen LogP contribution in [0.1, 0.15) is 11.6 Å². The van der Waals surface area contributed by atoms with Gasteiger partial charge in [-0.3, -0.25) is 4.57 Å². The van der Waals surface area contributed by atoms with E-state index in [9.17, 15) is 5.26 Å².